The maximum Gasteiger partial charge on any atom is 0.326 e. The Balaban J connectivity index is 2.28. The van der Waals surface area contributed by atoms with Crippen LogP contribution in [-0.2, 0) is 4.79 Å². The number of hydrogen-bond acceptors (Lipinski definition) is 3. The molecule has 0 aliphatic carbocycles. The number of amides is 2. The van der Waals surface area contributed by atoms with E-state index >= 15 is 0 Å². The quantitative estimate of drug-likeness (QED) is 0.895. The predicted octanol–water partition coefficient (Wildman–Crippen LogP) is 1.80. The number of rotatable bonds is 2. The molecule has 6 heteroatoms. The van der Waals surface area contributed by atoms with E-state index < -0.39 is 12.0 Å². The Hall–Kier alpha value is -2.24. The number of nitrogens with zero attached hydrogens (tertiary/aromatic N) is 2. The minimum absolute atomic E-state index is 0.335. The molecule has 108 valence electrons. The van der Waals surface area contributed by atoms with E-state index in [-0.39, 0.29) is 6.03 Å². The van der Waals surface area contributed by atoms with E-state index in [0.717, 1.165) is 0 Å². The lowest BCUT2D eigenvalue weighted by Gasteiger charge is -2.29. The third kappa shape index (κ3) is 2.68. The van der Waals surface area contributed by atoms with Crippen molar-refractivity contribution < 1.29 is 19.4 Å². The zero-order valence-electron chi connectivity index (χ0n) is 11.6. The SMILES string of the molecule is CC(C(=O)O)N(C)C(=O)N1CCCOc2ccccc21. The molecule has 1 atom stereocenters. The van der Waals surface area contributed by atoms with Crippen molar-refractivity contribution >= 4 is 17.7 Å². The maximum absolute atomic E-state index is 12.5. The fourth-order valence-corrected chi connectivity index (χ4v) is 2.05. The average molecular weight is 278 g/mol. The topological polar surface area (TPSA) is 70.1 Å². The summed E-state index contributed by atoms with van der Waals surface area (Å²) in [4.78, 5) is 26.3. The number of carboxylic acid groups (broad SMARTS) is 1. The highest BCUT2D eigenvalue weighted by molar-refractivity contribution is 5.95. The van der Waals surface area contributed by atoms with Crippen molar-refractivity contribution in [2.75, 3.05) is 25.1 Å². The fourth-order valence-electron chi connectivity index (χ4n) is 2.05. The van der Waals surface area contributed by atoms with E-state index in [0.29, 0.717) is 31.0 Å². The second kappa shape index (κ2) is 5.81. The van der Waals surface area contributed by atoms with Crippen LogP contribution in [0.2, 0.25) is 0 Å². The third-order valence-corrected chi connectivity index (χ3v) is 3.41. The van der Waals surface area contributed by atoms with Crippen LogP contribution in [0.25, 0.3) is 0 Å². The molecule has 0 radical (unpaired) electrons. The van der Waals surface area contributed by atoms with E-state index in [4.69, 9.17) is 9.84 Å². The zero-order chi connectivity index (χ0) is 14.7. The first-order valence-electron chi connectivity index (χ1n) is 6.51. The van der Waals surface area contributed by atoms with Crippen LogP contribution in [0.4, 0.5) is 10.5 Å². The van der Waals surface area contributed by atoms with Gasteiger partial charge in [-0.2, -0.15) is 0 Å². The van der Waals surface area contributed by atoms with E-state index in [1.54, 1.807) is 11.0 Å². The highest BCUT2D eigenvalue weighted by Gasteiger charge is 2.29. The molecule has 2 amide bonds. The molecule has 0 aromatic heterocycles. The summed E-state index contributed by atoms with van der Waals surface area (Å²) in [5, 5.41) is 9.01. The van der Waals surface area contributed by atoms with E-state index in [9.17, 15) is 9.59 Å². The van der Waals surface area contributed by atoms with Crippen molar-refractivity contribution in [3.05, 3.63) is 24.3 Å². The van der Waals surface area contributed by atoms with E-state index in [2.05, 4.69) is 0 Å². The zero-order valence-corrected chi connectivity index (χ0v) is 11.6. The van der Waals surface area contributed by atoms with Crippen LogP contribution in [0.1, 0.15) is 13.3 Å². The number of urea groups is 1. The molecule has 0 fully saturated rings. The molecular weight excluding hydrogens is 260 g/mol. The molecule has 2 rings (SSSR count). The summed E-state index contributed by atoms with van der Waals surface area (Å²) in [6, 6.07) is 6.07. The lowest BCUT2D eigenvalue weighted by molar-refractivity contribution is -0.141. The van der Waals surface area contributed by atoms with Crippen LogP contribution < -0.4 is 9.64 Å². The van der Waals surface area contributed by atoms with Crippen LogP contribution >= 0.6 is 0 Å². The number of carboxylic acids is 1. The minimum Gasteiger partial charge on any atom is -0.491 e. The molecule has 0 saturated heterocycles. The number of likely N-dealkylation sites (N-methyl/N-ethyl adjacent to an activating group) is 1. The number of carbonyl (C=O) groups is 2. The van der Waals surface area contributed by atoms with Gasteiger partial charge in [-0.3, -0.25) is 4.90 Å². The van der Waals surface area contributed by atoms with Crippen molar-refractivity contribution in [2.24, 2.45) is 0 Å². The molecule has 0 spiro atoms. The first-order chi connectivity index (χ1) is 9.52. The Bertz CT molecular complexity index is 518. The van der Waals surface area contributed by atoms with Crippen LogP contribution in [0.3, 0.4) is 0 Å². The standard InChI is InChI=1S/C14H18N2O4/c1-10(13(17)18)15(2)14(19)16-8-5-9-20-12-7-4-3-6-11(12)16/h3-4,6-7,10H,5,8-9H2,1-2H3,(H,17,18). The molecule has 1 N–H and O–H groups in total. The highest BCUT2D eigenvalue weighted by Crippen LogP contribution is 2.31. The predicted molar refractivity (Wildman–Crippen MR) is 74.2 cm³/mol. The van der Waals surface area contributed by atoms with Crippen LogP contribution in [0.15, 0.2) is 24.3 Å². The van der Waals surface area contributed by atoms with Gasteiger partial charge in [-0.05, 0) is 25.5 Å². The molecule has 0 bridgehead atoms. The summed E-state index contributed by atoms with van der Waals surface area (Å²) in [6.45, 7) is 2.53. The summed E-state index contributed by atoms with van der Waals surface area (Å²) in [6.07, 6.45) is 0.704. The Morgan fingerprint density at radius 1 is 1.40 bits per heavy atom. The summed E-state index contributed by atoms with van der Waals surface area (Å²) >= 11 is 0. The van der Waals surface area contributed by atoms with Gasteiger partial charge >= 0.3 is 12.0 Å². The molecule has 1 aromatic carbocycles. The van der Waals surface area contributed by atoms with Crippen molar-refractivity contribution in [2.45, 2.75) is 19.4 Å². The first-order valence-corrected chi connectivity index (χ1v) is 6.51. The monoisotopic (exact) mass is 278 g/mol. The smallest absolute Gasteiger partial charge is 0.326 e. The van der Waals surface area contributed by atoms with Gasteiger partial charge in [0.05, 0.1) is 12.3 Å². The van der Waals surface area contributed by atoms with Gasteiger partial charge in [0.2, 0.25) is 0 Å². The summed E-state index contributed by atoms with van der Waals surface area (Å²) < 4.78 is 5.59. The number of benzene rings is 1. The van der Waals surface area contributed by atoms with Crippen molar-refractivity contribution in [1.82, 2.24) is 4.90 Å². The minimum atomic E-state index is -1.03. The molecule has 1 aliphatic heterocycles. The number of anilines is 1. The summed E-state index contributed by atoms with van der Waals surface area (Å²) in [5.74, 6) is -0.380. The van der Waals surface area contributed by atoms with Gasteiger partial charge in [0, 0.05) is 13.6 Å². The first kappa shape index (κ1) is 14.2. The van der Waals surface area contributed by atoms with Gasteiger partial charge in [0.1, 0.15) is 11.8 Å². The second-order valence-electron chi connectivity index (χ2n) is 4.73. The molecule has 1 aromatic rings. The van der Waals surface area contributed by atoms with Crippen LogP contribution in [-0.4, -0.2) is 48.2 Å². The second-order valence-corrected chi connectivity index (χ2v) is 4.73. The lowest BCUT2D eigenvalue weighted by atomic mass is 10.2. The van der Waals surface area contributed by atoms with Crippen molar-refractivity contribution in [1.29, 1.82) is 0 Å². The molecule has 1 heterocycles. The number of para-hydroxylation sites is 2. The molecule has 1 unspecified atom stereocenters. The normalized spacial score (nSPS) is 15.6. The highest BCUT2D eigenvalue weighted by atomic mass is 16.5. The molecule has 1 aliphatic rings. The molecule has 20 heavy (non-hydrogen) atoms. The van der Waals surface area contributed by atoms with E-state index in [1.165, 1.54) is 18.9 Å². The maximum atomic E-state index is 12.5. The number of ether oxygens (including phenoxy) is 1. The van der Waals surface area contributed by atoms with Crippen LogP contribution in [0, 0.1) is 0 Å². The van der Waals surface area contributed by atoms with Gasteiger partial charge in [-0.1, -0.05) is 12.1 Å². The van der Waals surface area contributed by atoms with Crippen molar-refractivity contribution in [3.63, 3.8) is 0 Å². The molecule has 6 nitrogen and oxygen atoms in total. The Morgan fingerprint density at radius 3 is 2.80 bits per heavy atom. The average Bonchev–Trinajstić information content (AvgIpc) is 2.67. The Labute approximate surface area is 117 Å². The third-order valence-electron chi connectivity index (χ3n) is 3.41. The summed E-state index contributed by atoms with van der Waals surface area (Å²) in [5.41, 5.74) is 0.680. The Morgan fingerprint density at radius 2 is 2.10 bits per heavy atom. The van der Waals surface area contributed by atoms with Gasteiger partial charge in [-0.25, -0.2) is 9.59 Å². The lowest BCUT2D eigenvalue weighted by Crippen LogP contribution is -2.48. The fraction of sp³-hybridized carbons (Fsp3) is 0.429. The largest absolute Gasteiger partial charge is 0.491 e. The van der Waals surface area contributed by atoms with Gasteiger partial charge in [0.25, 0.3) is 0 Å². The van der Waals surface area contributed by atoms with Crippen molar-refractivity contribution in [3.8, 4) is 5.75 Å². The molecular formula is C14H18N2O4. The van der Waals surface area contributed by atoms with Gasteiger partial charge < -0.3 is 14.7 Å². The molecule has 0 saturated carbocycles. The Kier molecular flexibility index (Phi) is 4.12. The number of carbonyl (C=O) groups excluding carboxylic acids is 1. The summed E-state index contributed by atoms with van der Waals surface area (Å²) in [7, 11) is 1.50. The number of fused-ring (bicyclic) bond motifs is 1. The van der Waals surface area contributed by atoms with Crippen LogP contribution in [0.5, 0.6) is 5.75 Å². The van der Waals surface area contributed by atoms with Gasteiger partial charge in [0.15, 0.2) is 0 Å². The van der Waals surface area contributed by atoms with E-state index in [1.807, 2.05) is 18.2 Å². The number of hydrogen-bond donors (Lipinski definition) is 1. The van der Waals surface area contributed by atoms with Gasteiger partial charge in [-0.15, -0.1) is 0 Å². The number of aliphatic carboxylic acids is 1.